The molecule has 2 aliphatic carbocycles. The molecule has 1 saturated carbocycles. The van der Waals surface area contributed by atoms with Gasteiger partial charge in [-0.25, -0.2) is 5.57 Å². The number of nitrogens with one attached hydrogen (secondary N) is 1. The Morgan fingerprint density at radius 3 is 1.20 bits per heavy atom. The van der Waals surface area contributed by atoms with Crippen LogP contribution < -0.4 is 10.4 Å². The van der Waals surface area contributed by atoms with E-state index in [1.165, 1.54) is 44.6 Å². The molecule has 203 valence electrons. The predicted molar refractivity (Wildman–Crippen MR) is 173 cm³/mol. The van der Waals surface area contributed by atoms with Crippen molar-refractivity contribution in [3.63, 3.8) is 0 Å². The Morgan fingerprint density at radius 2 is 0.975 bits per heavy atom. The molecule has 0 spiro atoms. The molecule has 1 nitrogen and oxygen atoms in total. The van der Waals surface area contributed by atoms with Gasteiger partial charge in [0, 0.05) is 0 Å². The Hall–Kier alpha value is -2.75. The first-order chi connectivity index (χ1) is 18.9. The minimum atomic E-state index is 0. The molecule has 1 N–H and O–H groups in total. The van der Waals surface area contributed by atoms with Crippen molar-refractivity contribution >= 4 is 19.9 Å². The maximum absolute atomic E-state index is 6.91. The molecule has 0 saturated heterocycles. The van der Waals surface area contributed by atoms with Crippen LogP contribution >= 0.6 is 0 Å². The second kappa shape index (κ2) is 18.6. The van der Waals surface area contributed by atoms with Crippen molar-refractivity contribution in [3.05, 3.63) is 150 Å². The number of hydrogen-bond acceptors (Lipinski definition) is 0. The summed E-state index contributed by atoms with van der Waals surface area (Å²) >= 11 is 0. The summed E-state index contributed by atoms with van der Waals surface area (Å²) in [5, 5.41) is 2.90. The Kier molecular flexibility index (Phi) is 15.5. The van der Waals surface area contributed by atoms with Crippen molar-refractivity contribution in [3.8, 4) is 11.1 Å². The number of benzene rings is 4. The van der Waals surface area contributed by atoms with Gasteiger partial charge in [0.25, 0.3) is 0 Å². The van der Waals surface area contributed by atoms with E-state index in [0.29, 0.717) is 12.0 Å². The van der Waals surface area contributed by atoms with E-state index in [4.69, 9.17) is 5.73 Å². The summed E-state index contributed by atoms with van der Waals surface area (Å²) in [6.45, 7) is 8.67. The van der Waals surface area contributed by atoms with Crippen LogP contribution in [0.15, 0.2) is 138 Å². The second-order valence-corrected chi connectivity index (χ2v) is 11.7. The van der Waals surface area contributed by atoms with Crippen molar-refractivity contribution < 1.29 is 21.7 Å². The van der Waals surface area contributed by atoms with Gasteiger partial charge in [-0.15, -0.1) is 13.0 Å². The molecule has 1 radical (unpaired) electrons. The molecular formula is C37H42NSiTi. The maximum Gasteiger partial charge on any atom is 2.00 e. The largest absolute Gasteiger partial charge is 2.00 e. The quantitative estimate of drug-likeness (QED) is 0.172. The van der Waals surface area contributed by atoms with Crippen LogP contribution in [0.2, 0.25) is 0 Å². The number of rotatable bonds is 3. The molecule has 1 unspecified atom stereocenters. The predicted octanol–water partition coefficient (Wildman–Crippen LogP) is 8.74. The third-order valence-corrected chi connectivity index (χ3v) is 8.59. The zero-order chi connectivity index (χ0) is 27.9. The van der Waals surface area contributed by atoms with Gasteiger partial charge >= 0.3 is 21.7 Å². The van der Waals surface area contributed by atoms with Crippen LogP contribution in [0, 0.1) is 12.0 Å². The van der Waals surface area contributed by atoms with Crippen LogP contribution in [-0.2, 0) is 21.7 Å². The molecule has 0 aromatic heterocycles. The molecule has 1 atom stereocenters. The smallest absolute Gasteiger partial charge is 0.675 e. The zero-order valence-electron chi connectivity index (χ0n) is 24.4. The average Bonchev–Trinajstić information content (AvgIpc) is 3.20. The molecule has 4 aromatic carbocycles. The molecule has 3 heteroatoms. The summed E-state index contributed by atoms with van der Waals surface area (Å²) < 4.78 is 0. The topological polar surface area (TPSA) is 23.8 Å². The number of allylic oxidation sites excluding steroid dienone is 4. The van der Waals surface area contributed by atoms with Crippen molar-refractivity contribution in [2.24, 2.45) is 5.92 Å². The summed E-state index contributed by atoms with van der Waals surface area (Å²) in [7, 11) is 0.271. The third-order valence-electron chi connectivity index (χ3n) is 7.16. The minimum Gasteiger partial charge on any atom is -0.675 e. The Balaban J connectivity index is 0.000000194. The van der Waals surface area contributed by atoms with Crippen LogP contribution in [-0.4, -0.2) is 15.6 Å². The molecule has 0 bridgehead atoms. The van der Waals surface area contributed by atoms with Gasteiger partial charge in [0.15, 0.2) is 0 Å². The van der Waals surface area contributed by atoms with Crippen LogP contribution in [0.1, 0.15) is 47.0 Å². The summed E-state index contributed by atoms with van der Waals surface area (Å²) in [6, 6.07) is 42.4. The second-order valence-electron chi connectivity index (χ2n) is 10.1. The van der Waals surface area contributed by atoms with Crippen molar-refractivity contribution in [1.29, 1.82) is 0 Å². The van der Waals surface area contributed by atoms with Gasteiger partial charge in [0.2, 0.25) is 0 Å². The normalized spacial score (nSPS) is 15.4. The molecule has 6 rings (SSSR count). The summed E-state index contributed by atoms with van der Waals surface area (Å²) in [5.41, 5.74) is 13.7. The van der Waals surface area contributed by atoms with Gasteiger partial charge in [-0.3, -0.25) is 6.08 Å². The summed E-state index contributed by atoms with van der Waals surface area (Å²) in [4.78, 5) is 0. The van der Waals surface area contributed by atoms with Crippen LogP contribution in [0.25, 0.3) is 16.9 Å². The first kappa shape index (κ1) is 33.5. The van der Waals surface area contributed by atoms with E-state index in [0.717, 1.165) is 12.8 Å². The molecule has 1 fully saturated rings. The SMILES string of the molecule is CC1=[C-]C(C)C(C)=C1C.[NH-]C1CCC1.[Ti+2].c1ccc(-c2ccccc2)cc1.c1ccc([SiH]c2ccccc2)cc1. The van der Waals surface area contributed by atoms with E-state index in [1.54, 1.807) is 0 Å². The van der Waals surface area contributed by atoms with E-state index in [-0.39, 0.29) is 31.2 Å². The first-order valence-corrected chi connectivity index (χ1v) is 15.1. The molecule has 40 heavy (non-hydrogen) atoms. The molecule has 2 aliphatic rings. The summed E-state index contributed by atoms with van der Waals surface area (Å²) in [6.07, 6.45) is 6.96. The van der Waals surface area contributed by atoms with Crippen LogP contribution in [0.3, 0.4) is 0 Å². The van der Waals surface area contributed by atoms with E-state index in [2.05, 4.69) is 143 Å². The Labute approximate surface area is 260 Å². The van der Waals surface area contributed by atoms with E-state index >= 15 is 0 Å². The van der Waals surface area contributed by atoms with Crippen LogP contribution in [0.4, 0.5) is 0 Å². The molecule has 4 aromatic rings. The van der Waals surface area contributed by atoms with Gasteiger partial charge in [-0.05, 0) is 11.1 Å². The third kappa shape index (κ3) is 11.8. The molecular weight excluding hydrogens is 534 g/mol. The van der Waals surface area contributed by atoms with Gasteiger partial charge in [0.05, 0.1) is 0 Å². The monoisotopic (exact) mass is 576 g/mol. The Morgan fingerprint density at radius 1 is 0.625 bits per heavy atom. The van der Waals surface area contributed by atoms with Gasteiger partial charge < -0.3 is 5.73 Å². The van der Waals surface area contributed by atoms with Gasteiger partial charge in [-0.2, -0.15) is 11.1 Å². The fourth-order valence-electron chi connectivity index (χ4n) is 4.12. The summed E-state index contributed by atoms with van der Waals surface area (Å²) in [5.74, 6) is 0.560. The van der Waals surface area contributed by atoms with E-state index in [1.807, 2.05) is 12.1 Å². The van der Waals surface area contributed by atoms with Crippen LogP contribution in [0.5, 0.6) is 0 Å². The Bertz CT molecular complexity index is 1210. The van der Waals surface area contributed by atoms with Crippen molar-refractivity contribution in [1.82, 2.24) is 0 Å². The number of hydrogen-bond donors (Lipinski definition) is 0. The standard InChI is InChI=1S/C12H11Si.C12H10.C9H13.C4H8N.Ti/c1-3-7-11(8-4-1)13-12-9-5-2-6-10-12;1-3-7-11(8-4-1)12-9-5-2-6-10-12;1-6-5-7(2)9(4)8(6)3;5-4-2-1-3-4;/h1-10,13H;1-10H;6H,1-4H3;4-5H,1-3H2;/q;;2*-1;+2. The van der Waals surface area contributed by atoms with E-state index < -0.39 is 0 Å². The minimum absolute atomic E-state index is 0. The zero-order valence-corrected chi connectivity index (χ0v) is 27.1. The fraction of sp³-hybridized carbons (Fsp3) is 0.243. The molecule has 0 amide bonds. The van der Waals surface area contributed by atoms with Crippen molar-refractivity contribution in [2.45, 2.75) is 53.0 Å². The van der Waals surface area contributed by atoms with Gasteiger partial charge in [-0.1, -0.05) is 178 Å². The van der Waals surface area contributed by atoms with Gasteiger partial charge in [0.1, 0.15) is 9.52 Å². The molecule has 0 aliphatic heterocycles. The fourth-order valence-corrected chi connectivity index (χ4v) is 5.34. The molecule has 0 heterocycles. The van der Waals surface area contributed by atoms with Crippen molar-refractivity contribution in [2.75, 3.05) is 0 Å². The van der Waals surface area contributed by atoms with E-state index in [9.17, 15) is 0 Å². The maximum atomic E-state index is 6.91. The average molecular weight is 577 g/mol. The first-order valence-electron chi connectivity index (χ1n) is 14.0.